The zero-order chi connectivity index (χ0) is 22.2. The molecule has 2 N–H and O–H groups in total. The van der Waals surface area contributed by atoms with Gasteiger partial charge in [0.2, 0.25) is 0 Å². The third-order valence-electron chi connectivity index (χ3n) is 4.94. The summed E-state index contributed by atoms with van der Waals surface area (Å²) < 4.78 is 0. The van der Waals surface area contributed by atoms with E-state index in [1.54, 1.807) is 29.2 Å². The van der Waals surface area contributed by atoms with Gasteiger partial charge in [-0.25, -0.2) is 0 Å². The maximum atomic E-state index is 12.6. The smallest absolute Gasteiger partial charge is 0.313 e. The Bertz CT molecular complexity index is 940. The Labute approximate surface area is 179 Å². The number of para-hydroxylation sites is 1. The first-order valence-corrected chi connectivity index (χ1v) is 9.84. The molecule has 3 rings (SSSR count). The highest BCUT2D eigenvalue weighted by molar-refractivity contribution is 6.39. The zero-order valence-corrected chi connectivity index (χ0v) is 16.8. The van der Waals surface area contributed by atoms with Gasteiger partial charge in [0.1, 0.15) is 0 Å². The summed E-state index contributed by atoms with van der Waals surface area (Å²) >= 11 is 0. The standard InChI is InChI=1S/C21H23N5O5/c27-19(20(28)23-17-4-2-1-3-5-17)22-10-11-24-12-14-25(15-13-24)21(29)16-6-8-18(9-7-16)26(30)31/h1-9H,10-15H2,(H,22,27)(H,23,28). The van der Waals surface area contributed by atoms with Crippen LogP contribution in [0.25, 0.3) is 0 Å². The highest BCUT2D eigenvalue weighted by Gasteiger charge is 2.23. The lowest BCUT2D eigenvalue weighted by Crippen LogP contribution is -2.50. The first-order chi connectivity index (χ1) is 14.9. The third-order valence-corrected chi connectivity index (χ3v) is 4.94. The Hall–Kier alpha value is -3.79. The van der Waals surface area contributed by atoms with E-state index in [1.165, 1.54) is 24.3 Å². The number of rotatable bonds is 6. The molecule has 0 bridgehead atoms. The maximum absolute atomic E-state index is 12.6. The van der Waals surface area contributed by atoms with Crippen molar-refractivity contribution in [2.75, 3.05) is 44.6 Å². The lowest BCUT2D eigenvalue weighted by Gasteiger charge is -2.34. The molecule has 0 aromatic heterocycles. The minimum atomic E-state index is -0.718. The van der Waals surface area contributed by atoms with Gasteiger partial charge in [-0.2, -0.15) is 0 Å². The van der Waals surface area contributed by atoms with Crippen molar-refractivity contribution in [2.24, 2.45) is 0 Å². The van der Waals surface area contributed by atoms with Gasteiger partial charge in [0.05, 0.1) is 4.92 Å². The molecular weight excluding hydrogens is 402 g/mol. The van der Waals surface area contributed by atoms with Crippen LogP contribution >= 0.6 is 0 Å². The summed E-state index contributed by atoms with van der Waals surface area (Å²) in [7, 11) is 0. The van der Waals surface area contributed by atoms with Crippen molar-refractivity contribution in [3.8, 4) is 0 Å². The number of benzene rings is 2. The predicted octanol–water partition coefficient (Wildman–Crippen LogP) is 1.11. The first kappa shape index (κ1) is 21.9. The van der Waals surface area contributed by atoms with E-state index in [9.17, 15) is 24.5 Å². The molecule has 31 heavy (non-hydrogen) atoms. The quantitative estimate of drug-likeness (QED) is 0.406. The van der Waals surface area contributed by atoms with E-state index < -0.39 is 16.7 Å². The molecule has 0 aliphatic carbocycles. The number of non-ortho nitro benzene ring substituents is 1. The van der Waals surface area contributed by atoms with Crippen molar-refractivity contribution in [1.29, 1.82) is 0 Å². The second-order valence-corrected chi connectivity index (χ2v) is 7.01. The van der Waals surface area contributed by atoms with Gasteiger partial charge in [0, 0.05) is 62.7 Å². The second kappa shape index (κ2) is 10.3. The molecule has 0 saturated carbocycles. The largest absolute Gasteiger partial charge is 0.347 e. The molecular formula is C21H23N5O5. The summed E-state index contributed by atoms with van der Waals surface area (Å²) in [6.45, 7) is 3.16. The number of nitro benzene ring substituents is 1. The molecule has 2 aromatic rings. The average Bonchev–Trinajstić information content (AvgIpc) is 2.79. The number of hydrogen-bond donors (Lipinski definition) is 2. The van der Waals surface area contributed by atoms with Crippen LogP contribution in [0.2, 0.25) is 0 Å². The van der Waals surface area contributed by atoms with Gasteiger partial charge in [-0.15, -0.1) is 0 Å². The van der Waals surface area contributed by atoms with Gasteiger partial charge in [-0.3, -0.25) is 29.4 Å². The minimum Gasteiger partial charge on any atom is -0.347 e. The topological polar surface area (TPSA) is 125 Å². The third kappa shape index (κ3) is 6.09. The maximum Gasteiger partial charge on any atom is 0.313 e. The van der Waals surface area contributed by atoms with Crippen LogP contribution in [0.5, 0.6) is 0 Å². The molecule has 1 heterocycles. The van der Waals surface area contributed by atoms with Crippen LogP contribution < -0.4 is 10.6 Å². The number of piperazine rings is 1. The van der Waals surface area contributed by atoms with E-state index in [0.29, 0.717) is 50.5 Å². The summed E-state index contributed by atoms with van der Waals surface area (Å²) in [5.74, 6) is -1.58. The van der Waals surface area contributed by atoms with Crippen LogP contribution in [0, 0.1) is 10.1 Å². The van der Waals surface area contributed by atoms with Gasteiger partial charge in [0.25, 0.3) is 11.6 Å². The fraction of sp³-hybridized carbons (Fsp3) is 0.286. The van der Waals surface area contributed by atoms with E-state index >= 15 is 0 Å². The van der Waals surface area contributed by atoms with Gasteiger partial charge >= 0.3 is 11.8 Å². The Kier molecular flexibility index (Phi) is 7.28. The fourth-order valence-electron chi connectivity index (χ4n) is 3.20. The first-order valence-electron chi connectivity index (χ1n) is 9.84. The molecule has 162 valence electrons. The van der Waals surface area contributed by atoms with E-state index in [1.807, 2.05) is 6.07 Å². The number of nitro groups is 1. The van der Waals surface area contributed by atoms with Crippen molar-refractivity contribution in [3.05, 3.63) is 70.3 Å². The highest BCUT2D eigenvalue weighted by Crippen LogP contribution is 2.14. The lowest BCUT2D eigenvalue weighted by atomic mass is 10.1. The lowest BCUT2D eigenvalue weighted by molar-refractivity contribution is -0.384. The summed E-state index contributed by atoms with van der Waals surface area (Å²) in [6.07, 6.45) is 0. The van der Waals surface area contributed by atoms with Gasteiger partial charge in [-0.1, -0.05) is 18.2 Å². The van der Waals surface area contributed by atoms with Crippen molar-refractivity contribution in [1.82, 2.24) is 15.1 Å². The molecule has 1 aliphatic heterocycles. The monoisotopic (exact) mass is 425 g/mol. The molecule has 0 atom stereocenters. The van der Waals surface area contributed by atoms with Crippen molar-refractivity contribution >= 4 is 29.1 Å². The second-order valence-electron chi connectivity index (χ2n) is 7.01. The molecule has 1 fully saturated rings. The molecule has 2 aromatic carbocycles. The van der Waals surface area contributed by atoms with E-state index in [0.717, 1.165) is 0 Å². The van der Waals surface area contributed by atoms with Crippen LogP contribution in [0.3, 0.4) is 0 Å². The van der Waals surface area contributed by atoms with Crippen LogP contribution in [-0.2, 0) is 9.59 Å². The summed E-state index contributed by atoms with van der Waals surface area (Å²) in [5, 5.41) is 15.8. The Morgan fingerprint density at radius 1 is 0.903 bits per heavy atom. The molecule has 0 unspecified atom stereocenters. The molecule has 1 aliphatic rings. The molecule has 10 nitrogen and oxygen atoms in total. The molecule has 0 spiro atoms. The number of amides is 3. The van der Waals surface area contributed by atoms with Gasteiger partial charge < -0.3 is 15.5 Å². The van der Waals surface area contributed by atoms with Crippen molar-refractivity contribution in [3.63, 3.8) is 0 Å². The van der Waals surface area contributed by atoms with Crippen LogP contribution in [0.4, 0.5) is 11.4 Å². The molecule has 0 radical (unpaired) electrons. The number of anilines is 1. The summed E-state index contributed by atoms with van der Waals surface area (Å²) in [6, 6.07) is 14.3. The van der Waals surface area contributed by atoms with Crippen LogP contribution in [0.15, 0.2) is 54.6 Å². The Morgan fingerprint density at radius 3 is 2.16 bits per heavy atom. The predicted molar refractivity (Wildman–Crippen MR) is 114 cm³/mol. The van der Waals surface area contributed by atoms with Crippen molar-refractivity contribution in [2.45, 2.75) is 0 Å². The zero-order valence-electron chi connectivity index (χ0n) is 16.8. The fourth-order valence-corrected chi connectivity index (χ4v) is 3.20. The molecule has 10 heteroatoms. The SMILES string of the molecule is O=C(NCCN1CCN(C(=O)c2ccc([N+](=O)[O-])cc2)CC1)C(=O)Nc1ccccc1. The summed E-state index contributed by atoms with van der Waals surface area (Å²) in [4.78, 5) is 50.4. The number of hydrogen-bond acceptors (Lipinski definition) is 6. The van der Waals surface area contributed by atoms with E-state index in [4.69, 9.17) is 0 Å². The number of carbonyl (C=O) groups is 3. The average molecular weight is 425 g/mol. The normalized spacial score (nSPS) is 14.0. The number of carbonyl (C=O) groups excluding carboxylic acids is 3. The molecule has 3 amide bonds. The number of nitrogens with zero attached hydrogens (tertiary/aromatic N) is 3. The Morgan fingerprint density at radius 2 is 1.55 bits per heavy atom. The van der Waals surface area contributed by atoms with Crippen molar-refractivity contribution < 1.29 is 19.3 Å². The van der Waals surface area contributed by atoms with E-state index in [2.05, 4.69) is 15.5 Å². The van der Waals surface area contributed by atoms with Gasteiger partial charge in [-0.05, 0) is 24.3 Å². The molecule has 1 saturated heterocycles. The summed E-state index contributed by atoms with van der Waals surface area (Å²) in [5.41, 5.74) is 0.910. The number of nitrogens with one attached hydrogen (secondary N) is 2. The van der Waals surface area contributed by atoms with Gasteiger partial charge in [0.15, 0.2) is 0 Å². The van der Waals surface area contributed by atoms with Crippen LogP contribution in [0.1, 0.15) is 10.4 Å². The highest BCUT2D eigenvalue weighted by atomic mass is 16.6. The van der Waals surface area contributed by atoms with E-state index in [-0.39, 0.29) is 11.6 Å². The van der Waals surface area contributed by atoms with Crippen LogP contribution in [-0.4, -0.2) is 71.7 Å². The minimum absolute atomic E-state index is 0.0548. The Balaban J connectivity index is 1.38.